The lowest BCUT2D eigenvalue weighted by molar-refractivity contribution is -0.203. The fourth-order valence-corrected chi connectivity index (χ4v) is 3.67. The smallest absolute Gasteiger partial charge is 0.337 e. The highest BCUT2D eigenvalue weighted by molar-refractivity contribution is 7.99. The molecule has 1 aliphatic heterocycles. The molecule has 23 heavy (non-hydrogen) atoms. The van der Waals surface area contributed by atoms with Crippen molar-refractivity contribution in [3.8, 4) is 0 Å². The number of benzene rings is 1. The minimum Gasteiger partial charge on any atom is -0.467 e. The summed E-state index contributed by atoms with van der Waals surface area (Å²) in [7, 11) is 1.29. The molecule has 0 radical (unpaired) electrons. The van der Waals surface area contributed by atoms with E-state index in [9.17, 15) is 9.90 Å². The Balaban J connectivity index is 2.08. The highest BCUT2D eigenvalue weighted by atomic mass is 32.2. The van der Waals surface area contributed by atoms with Crippen molar-refractivity contribution in [2.45, 2.75) is 44.2 Å². The van der Waals surface area contributed by atoms with Crippen LogP contribution in [0, 0.1) is 5.92 Å². The summed E-state index contributed by atoms with van der Waals surface area (Å²) < 4.78 is 16.5. The van der Waals surface area contributed by atoms with Crippen LogP contribution in [-0.2, 0) is 25.6 Å². The molecule has 1 saturated heterocycles. The Labute approximate surface area is 141 Å². The summed E-state index contributed by atoms with van der Waals surface area (Å²) in [4.78, 5) is 11.8. The minimum absolute atomic E-state index is 0.236. The van der Waals surface area contributed by atoms with Crippen molar-refractivity contribution < 1.29 is 24.1 Å². The summed E-state index contributed by atoms with van der Waals surface area (Å²) in [6.07, 6.45) is -2.20. The molecule has 128 valence electrons. The van der Waals surface area contributed by atoms with Gasteiger partial charge in [-0.2, -0.15) is 0 Å². The molecular weight excluding hydrogens is 316 g/mol. The second-order valence-corrected chi connectivity index (χ2v) is 6.89. The van der Waals surface area contributed by atoms with Crippen LogP contribution in [0.25, 0.3) is 0 Å². The van der Waals surface area contributed by atoms with Crippen LogP contribution < -0.4 is 0 Å². The quantitative estimate of drug-likeness (QED) is 0.801. The van der Waals surface area contributed by atoms with Crippen molar-refractivity contribution in [3.63, 3.8) is 0 Å². The molecule has 1 heterocycles. The van der Waals surface area contributed by atoms with Crippen molar-refractivity contribution in [1.82, 2.24) is 0 Å². The number of aliphatic hydroxyl groups excluding tert-OH is 1. The van der Waals surface area contributed by atoms with Crippen LogP contribution in [0.2, 0.25) is 0 Å². The Hall–Kier alpha value is -1.08. The van der Waals surface area contributed by atoms with E-state index in [1.165, 1.54) is 7.11 Å². The largest absolute Gasteiger partial charge is 0.467 e. The minimum atomic E-state index is -0.962. The normalized spacial score (nSPS) is 30.9. The van der Waals surface area contributed by atoms with Gasteiger partial charge in [0.05, 0.1) is 25.9 Å². The fourth-order valence-electron chi connectivity index (χ4n) is 2.63. The molecule has 1 aliphatic rings. The summed E-state index contributed by atoms with van der Waals surface area (Å²) >= 11 is 1.57. The predicted molar refractivity (Wildman–Crippen MR) is 89.0 cm³/mol. The Morgan fingerprint density at radius 3 is 2.65 bits per heavy atom. The van der Waals surface area contributed by atoms with Crippen LogP contribution in [-0.4, -0.2) is 47.7 Å². The number of ether oxygens (including phenoxy) is 3. The summed E-state index contributed by atoms with van der Waals surface area (Å²) in [6, 6.07) is 9.85. The number of rotatable bonds is 6. The number of esters is 1. The first-order valence-electron chi connectivity index (χ1n) is 7.77. The van der Waals surface area contributed by atoms with Gasteiger partial charge in [0.1, 0.15) is 5.44 Å². The predicted octanol–water partition coefficient (Wildman–Crippen LogP) is 2.22. The van der Waals surface area contributed by atoms with Crippen LogP contribution in [0.3, 0.4) is 0 Å². The van der Waals surface area contributed by atoms with Crippen molar-refractivity contribution in [1.29, 1.82) is 0 Å². The molecule has 2 rings (SSSR count). The monoisotopic (exact) mass is 340 g/mol. The van der Waals surface area contributed by atoms with E-state index in [1.54, 1.807) is 11.8 Å². The first-order valence-corrected chi connectivity index (χ1v) is 8.81. The van der Waals surface area contributed by atoms with Crippen LogP contribution in [0.15, 0.2) is 30.3 Å². The zero-order valence-electron chi connectivity index (χ0n) is 13.7. The molecule has 2 unspecified atom stereocenters. The van der Waals surface area contributed by atoms with Gasteiger partial charge < -0.3 is 19.3 Å². The Bertz CT molecular complexity index is 495. The third-order valence-electron chi connectivity index (χ3n) is 3.97. The number of carbonyl (C=O) groups excluding carboxylic acids is 1. The molecule has 0 amide bonds. The van der Waals surface area contributed by atoms with E-state index in [-0.39, 0.29) is 17.5 Å². The molecule has 0 bridgehead atoms. The van der Waals surface area contributed by atoms with E-state index in [1.807, 2.05) is 44.2 Å². The number of methoxy groups -OCH3 is 1. The van der Waals surface area contributed by atoms with Crippen LogP contribution in [0.5, 0.6) is 0 Å². The lowest BCUT2D eigenvalue weighted by Crippen LogP contribution is -2.55. The average molecular weight is 340 g/mol. The molecule has 1 aromatic carbocycles. The SMILES string of the molecule is CCS[C@@H]1OC(C(=O)OC)[C@@H](O)[C@H](C)C1OCc1ccccc1. The number of carbonyl (C=O) groups is 1. The molecule has 0 saturated carbocycles. The van der Waals surface area contributed by atoms with Crippen LogP contribution in [0.1, 0.15) is 19.4 Å². The number of aliphatic hydroxyl groups is 1. The van der Waals surface area contributed by atoms with E-state index < -0.39 is 18.2 Å². The van der Waals surface area contributed by atoms with Gasteiger partial charge in [-0.25, -0.2) is 4.79 Å². The first-order chi connectivity index (χ1) is 11.1. The van der Waals surface area contributed by atoms with Crippen molar-refractivity contribution in [3.05, 3.63) is 35.9 Å². The van der Waals surface area contributed by atoms with E-state index in [4.69, 9.17) is 14.2 Å². The van der Waals surface area contributed by atoms with E-state index in [0.29, 0.717) is 6.61 Å². The second kappa shape index (κ2) is 8.68. The van der Waals surface area contributed by atoms with Gasteiger partial charge in [-0.05, 0) is 11.3 Å². The second-order valence-electron chi connectivity index (χ2n) is 5.51. The van der Waals surface area contributed by atoms with Gasteiger partial charge in [-0.1, -0.05) is 44.2 Å². The molecule has 0 spiro atoms. The lowest BCUT2D eigenvalue weighted by atomic mass is 9.91. The van der Waals surface area contributed by atoms with Crippen molar-refractivity contribution in [2.24, 2.45) is 5.92 Å². The van der Waals surface area contributed by atoms with Crippen molar-refractivity contribution in [2.75, 3.05) is 12.9 Å². The molecule has 0 aliphatic carbocycles. The average Bonchev–Trinajstić information content (AvgIpc) is 2.58. The molecule has 6 heteroatoms. The molecular formula is C17H24O5S. The molecule has 1 aromatic rings. The highest BCUT2D eigenvalue weighted by Crippen LogP contribution is 2.34. The van der Waals surface area contributed by atoms with Crippen molar-refractivity contribution >= 4 is 17.7 Å². The zero-order valence-corrected chi connectivity index (χ0v) is 14.5. The van der Waals surface area contributed by atoms with Gasteiger partial charge in [0.15, 0.2) is 6.10 Å². The topological polar surface area (TPSA) is 65.0 Å². The first kappa shape index (κ1) is 18.3. The fraction of sp³-hybridized carbons (Fsp3) is 0.588. The van der Waals surface area contributed by atoms with Gasteiger partial charge in [-0.15, -0.1) is 11.8 Å². The summed E-state index contributed by atoms with van der Waals surface area (Å²) in [5.41, 5.74) is 0.746. The highest BCUT2D eigenvalue weighted by Gasteiger charge is 2.47. The molecule has 5 atom stereocenters. The van der Waals surface area contributed by atoms with Gasteiger partial charge in [-0.3, -0.25) is 0 Å². The van der Waals surface area contributed by atoms with Gasteiger partial charge in [0.2, 0.25) is 0 Å². The molecule has 0 aromatic heterocycles. The number of thioether (sulfide) groups is 1. The van der Waals surface area contributed by atoms with E-state index >= 15 is 0 Å². The Morgan fingerprint density at radius 1 is 1.35 bits per heavy atom. The third kappa shape index (κ3) is 4.47. The van der Waals surface area contributed by atoms with E-state index in [0.717, 1.165) is 11.3 Å². The number of hydrogen-bond acceptors (Lipinski definition) is 6. The standard InChI is InChI=1S/C17H24O5S/c1-4-23-17-14(21-10-12-8-6-5-7-9-12)11(2)13(18)15(22-17)16(19)20-3/h5-9,11,13-15,17-18H,4,10H2,1-3H3/t11-,13-,14?,15?,17-/m0/s1. The Kier molecular flexibility index (Phi) is 6.89. The summed E-state index contributed by atoms with van der Waals surface area (Å²) in [5.74, 6) is 0.0419. The maximum atomic E-state index is 11.8. The maximum absolute atomic E-state index is 11.8. The van der Waals surface area contributed by atoms with Crippen LogP contribution >= 0.6 is 11.8 Å². The lowest BCUT2D eigenvalue weighted by Gasteiger charge is -2.42. The summed E-state index contributed by atoms with van der Waals surface area (Å²) in [5, 5.41) is 10.4. The molecule has 1 fully saturated rings. The molecule has 1 N–H and O–H groups in total. The Morgan fingerprint density at radius 2 is 2.04 bits per heavy atom. The third-order valence-corrected chi connectivity index (χ3v) is 5.01. The van der Waals surface area contributed by atoms with Gasteiger partial charge in [0.25, 0.3) is 0 Å². The maximum Gasteiger partial charge on any atom is 0.337 e. The van der Waals surface area contributed by atoms with Crippen LogP contribution in [0.4, 0.5) is 0 Å². The summed E-state index contributed by atoms with van der Waals surface area (Å²) in [6.45, 7) is 4.34. The van der Waals surface area contributed by atoms with Gasteiger partial charge in [0, 0.05) is 5.92 Å². The molecule has 5 nitrogen and oxygen atoms in total. The zero-order chi connectivity index (χ0) is 16.8. The van der Waals surface area contributed by atoms with E-state index in [2.05, 4.69) is 0 Å². The van der Waals surface area contributed by atoms with Gasteiger partial charge >= 0.3 is 5.97 Å². The number of hydrogen-bond donors (Lipinski definition) is 1.